The number of hydrogen-bond acceptors (Lipinski definition) is 3. The molecule has 72 valence electrons. The van der Waals surface area contributed by atoms with Crippen LogP contribution in [0.15, 0.2) is 33.6 Å². The van der Waals surface area contributed by atoms with E-state index in [0.717, 1.165) is 9.37 Å². The fourth-order valence-electron chi connectivity index (χ4n) is 0.816. The lowest BCUT2D eigenvalue weighted by Crippen LogP contribution is -2.21. The molecule has 1 unspecified atom stereocenters. The van der Waals surface area contributed by atoms with Gasteiger partial charge in [0, 0.05) is 21.7 Å². The number of benzene rings is 1. The number of nitrogens with two attached hydrogens (primary N) is 1. The second-order valence-electron chi connectivity index (χ2n) is 2.63. The van der Waals surface area contributed by atoms with E-state index in [2.05, 4.69) is 15.9 Å². The van der Waals surface area contributed by atoms with Gasteiger partial charge in [0.05, 0.1) is 6.10 Å². The van der Waals surface area contributed by atoms with E-state index < -0.39 is 6.10 Å². The third-order valence-corrected chi connectivity index (χ3v) is 3.71. The van der Waals surface area contributed by atoms with E-state index in [4.69, 9.17) is 5.73 Å². The molecule has 0 aliphatic heterocycles. The zero-order valence-electron chi connectivity index (χ0n) is 7.11. The van der Waals surface area contributed by atoms with Crippen LogP contribution in [-0.2, 0) is 0 Å². The van der Waals surface area contributed by atoms with Gasteiger partial charge in [-0.3, -0.25) is 0 Å². The summed E-state index contributed by atoms with van der Waals surface area (Å²) in [5.41, 5.74) is 5.30. The number of hydrogen-bond donors (Lipinski definition) is 2. The van der Waals surface area contributed by atoms with Gasteiger partial charge in [0.15, 0.2) is 0 Å². The third-order valence-electron chi connectivity index (χ3n) is 1.54. The van der Waals surface area contributed by atoms with E-state index in [0.29, 0.717) is 12.3 Å². The number of halogens is 1. The van der Waals surface area contributed by atoms with E-state index in [-0.39, 0.29) is 0 Å². The Kier molecular flexibility index (Phi) is 4.80. The average molecular weight is 262 g/mol. The molecule has 0 heterocycles. The zero-order chi connectivity index (χ0) is 9.68. The first-order valence-electron chi connectivity index (χ1n) is 3.99. The number of aliphatic hydroxyl groups is 1. The van der Waals surface area contributed by atoms with E-state index >= 15 is 0 Å². The van der Waals surface area contributed by atoms with Crippen LogP contribution in [0.3, 0.4) is 0 Å². The molecule has 3 N–H and O–H groups in total. The minimum atomic E-state index is -0.419. The van der Waals surface area contributed by atoms with Gasteiger partial charge in [-0.2, -0.15) is 0 Å². The predicted molar refractivity (Wildman–Crippen MR) is 59.9 cm³/mol. The first-order chi connectivity index (χ1) is 6.24. The molecule has 1 rings (SSSR count). The van der Waals surface area contributed by atoms with Crippen molar-refractivity contribution in [2.45, 2.75) is 11.0 Å². The summed E-state index contributed by atoms with van der Waals surface area (Å²) in [6.45, 7) is 0.317. The van der Waals surface area contributed by atoms with Gasteiger partial charge in [-0.05, 0) is 28.1 Å². The van der Waals surface area contributed by atoms with Crippen LogP contribution in [0.25, 0.3) is 0 Å². The summed E-state index contributed by atoms with van der Waals surface area (Å²) in [5.74, 6) is 0.638. The highest BCUT2D eigenvalue weighted by molar-refractivity contribution is 9.10. The molecule has 4 heteroatoms. The standard InChI is InChI=1S/C9H12BrNOS/c10-8-3-1-2-4-9(8)13-6-7(12)5-11/h1-4,7,12H,5-6,11H2. The molecule has 0 spiro atoms. The van der Waals surface area contributed by atoms with Crippen LogP contribution in [0.4, 0.5) is 0 Å². The van der Waals surface area contributed by atoms with Gasteiger partial charge < -0.3 is 10.8 Å². The minimum absolute atomic E-state index is 0.317. The Bertz CT molecular complexity index is 270. The van der Waals surface area contributed by atoms with Crippen molar-refractivity contribution >= 4 is 27.7 Å². The quantitative estimate of drug-likeness (QED) is 0.814. The molecule has 0 aliphatic rings. The van der Waals surface area contributed by atoms with Gasteiger partial charge in [-0.25, -0.2) is 0 Å². The minimum Gasteiger partial charge on any atom is -0.391 e. The van der Waals surface area contributed by atoms with Crippen LogP contribution in [0.5, 0.6) is 0 Å². The van der Waals surface area contributed by atoms with Crippen LogP contribution in [-0.4, -0.2) is 23.5 Å². The van der Waals surface area contributed by atoms with Crippen molar-refractivity contribution in [2.24, 2.45) is 5.73 Å². The fraction of sp³-hybridized carbons (Fsp3) is 0.333. The monoisotopic (exact) mass is 261 g/mol. The molecule has 0 bridgehead atoms. The Hall–Kier alpha value is -0.0300. The first kappa shape index (κ1) is 11.0. The van der Waals surface area contributed by atoms with Gasteiger partial charge in [-0.15, -0.1) is 11.8 Å². The second kappa shape index (κ2) is 5.65. The molecule has 1 aromatic carbocycles. The number of aliphatic hydroxyl groups excluding tert-OH is 1. The Morgan fingerprint density at radius 1 is 1.46 bits per heavy atom. The fourth-order valence-corrected chi connectivity index (χ4v) is 2.33. The highest BCUT2D eigenvalue weighted by Gasteiger charge is 2.03. The van der Waals surface area contributed by atoms with Crippen LogP contribution in [0.1, 0.15) is 0 Å². The van der Waals surface area contributed by atoms with Crippen molar-refractivity contribution < 1.29 is 5.11 Å². The van der Waals surface area contributed by atoms with Crippen LogP contribution in [0.2, 0.25) is 0 Å². The number of thioether (sulfide) groups is 1. The summed E-state index contributed by atoms with van der Waals surface area (Å²) in [4.78, 5) is 1.13. The van der Waals surface area contributed by atoms with Crippen LogP contribution in [0, 0.1) is 0 Å². The van der Waals surface area contributed by atoms with Gasteiger partial charge in [0.1, 0.15) is 0 Å². The highest BCUT2D eigenvalue weighted by Crippen LogP contribution is 2.27. The van der Waals surface area contributed by atoms with Crippen molar-refractivity contribution in [3.8, 4) is 0 Å². The maximum Gasteiger partial charge on any atom is 0.0756 e. The summed E-state index contributed by atoms with van der Waals surface area (Å²) in [5, 5.41) is 9.25. The van der Waals surface area contributed by atoms with Gasteiger partial charge in [-0.1, -0.05) is 12.1 Å². The van der Waals surface area contributed by atoms with Crippen molar-refractivity contribution in [2.75, 3.05) is 12.3 Å². The Morgan fingerprint density at radius 3 is 2.77 bits per heavy atom. The van der Waals surface area contributed by atoms with Gasteiger partial charge >= 0.3 is 0 Å². The van der Waals surface area contributed by atoms with Crippen molar-refractivity contribution in [1.29, 1.82) is 0 Å². The number of rotatable bonds is 4. The summed E-state index contributed by atoms with van der Waals surface area (Å²) < 4.78 is 1.06. The maximum atomic E-state index is 9.25. The van der Waals surface area contributed by atoms with Crippen LogP contribution >= 0.6 is 27.7 Å². The van der Waals surface area contributed by atoms with Crippen molar-refractivity contribution in [3.05, 3.63) is 28.7 Å². The Labute approximate surface area is 90.7 Å². The molecule has 0 aromatic heterocycles. The van der Waals surface area contributed by atoms with Gasteiger partial charge in [0.2, 0.25) is 0 Å². The van der Waals surface area contributed by atoms with Crippen LogP contribution < -0.4 is 5.73 Å². The smallest absolute Gasteiger partial charge is 0.0756 e. The second-order valence-corrected chi connectivity index (χ2v) is 4.55. The Morgan fingerprint density at radius 2 is 2.15 bits per heavy atom. The van der Waals surface area contributed by atoms with Crippen molar-refractivity contribution in [3.63, 3.8) is 0 Å². The lowest BCUT2D eigenvalue weighted by Gasteiger charge is -2.07. The molecule has 1 atom stereocenters. The third kappa shape index (κ3) is 3.68. The first-order valence-corrected chi connectivity index (χ1v) is 5.77. The Balaban J connectivity index is 2.50. The lowest BCUT2D eigenvalue weighted by molar-refractivity contribution is 0.208. The predicted octanol–water partition coefficient (Wildman–Crippen LogP) is 1.86. The van der Waals surface area contributed by atoms with E-state index in [1.807, 2.05) is 24.3 Å². The molecule has 1 aromatic rings. The van der Waals surface area contributed by atoms with E-state index in [1.165, 1.54) is 0 Å². The molecule has 0 aliphatic carbocycles. The normalized spacial score (nSPS) is 12.8. The summed E-state index contributed by atoms with van der Waals surface area (Å²) in [6.07, 6.45) is -0.419. The van der Waals surface area contributed by atoms with E-state index in [1.54, 1.807) is 11.8 Å². The van der Waals surface area contributed by atoms with E-state index in [9.17, 15) is 5.11 Å². The molecule has 13 heavy (non-hydrogen) atoms. The maximum absolute atomic E-state index is 9.25. The summed E-state index contributed by atoms with van der Waals surface area (Å²) in [7, 11) is 0. The molecule has 0 radical (unpaired) electrons. The molecule has 0 amide bonds. The zero-order valence-corrected chi connectivity index (χ0v) is 9.51. The molecule has 2 nitrogen and oxygen atoms in total. The highest BCUT2D eigenvalue weighted by atomic mass is 79.9. The molecule has 0 fully saturated rings. The molecular weight excluding hydrogens is 250 g/mol. The molecule has 0 saturated heterocycles. The summed E-state index contributed by atoms with van der Waals surface area (Å²) in [6, 6.07) is 7.94. The SMILES string of the molecule is NCC(O)CSc1ccccc1Br. The lowest BCUT2D eigenvalue weighted by atomic mass is 10.4. The topological polar surface area (TPSA) is 46.2 Å². The summed E-state index contributed by atoms with van der Waals surface area (Å²) >= 11 is 5.04. The molecule has 0 saturated carbocycles. The molecular formula is C9H12BrNOS. The van der Waals surface area contributed by atoms with Crippen molar-refractivity contribution in [1.82, 2.24) is 0 Å². The largest absolute Gasteiger partial charge is 0.391 e. The van der Waals surface area contributed by atoms with Gasteiger partial charge in [0.25, 0.3) is 0 Å². The average Bonchev–Trinajstić information content (AvgIpc) is 2.16.